The molecule has 3 N–H and O–H groups in total. The summed E-state index contributed by atoms with van der Waals surface area (Å²) in [5.74, 6) is -1.98. The Morgan fingerprint density at radius 2 is 1.88 bits per heavy atom. The van der Waals surface area contributed by atoms with Crippen LogP contribution >= 0.6 is 12.6 Å². The molecule has 5 nitrogen and oxygen atoms in total. The van der Waals surface area contributed by atoms with E-state index in [0.717, 1.165) is 0 Å². The molecule has 1 aromatic carbocycles. The minimum Gasteiger partial charge on any atom is -0.480 e. The van der Waals surface area contributed by atoms with Gasteiger partial charge in [0, 0.05) is 5.75 Å². The molecule has 92 valence electrons. The predicted molar refractivity (Wildman–Crippen MR) is 64.8 cm³/mol. The second-order valence-corrected chi connectivity index (χ2v) is 3.76. The number of benzene rings is 1. The highest BCUT2D eigenvalue weighted by atomic mass is 32.1. The summed E-state index contributed by atoms with van der Waals surface area (Å²) in [5, 5.41) is 20.6. The van der Waals surface area contributed by atoms with Crippen LogP contribution in [-0.4, -0.2) is 33.9 Å². The van der Waals surface area contributed by atoms with Crippen LogP contribution < -0.4 is 5.32 Å². The number of nitrogens with one attached hydrogen (secondary N) is 1. The minimum atomic E-state index is -1.38. The van der Waals surface area contributed by atoms with Gasteiger partial charge >= 0.3 is 5.97 Å². The van der Waals surface area contributed by atoms with E-state index in [1.165, 1.54) is 0 Å². The Hall–Kier alpha value is -1.53. The maximum absolute atomic E-state index is 11.6. The molecule has 0 heterocycles. The van der Waals surface area contributed by atoms with Crippen molar-refractivity contribution in [2.45, 2.75) is 12.1 Å². The SMILES string of the molecule is O=C(O)[C@@H](CS)NC(=O)[C@H](O)c1ccccc1. The standard InChI is InChI=1S/C11H13NO4S/c13-9(7-4-2-1-3-5-7)10(14)12-8(6-17)11(15)16/h1-5,8-9,13,17H,6H2,(H,12,14)(H,15,16)/t8-,9-/m1/s1. The number of carboxylic acids is 1. The van der Waals surface area contributed by atoms with E-state index in [1.54, 1.807) is 30.3 Å². The maximum atomic E-state index is 11.6. The Morgan fingerprint density at radius 3 is 2.35 bits per heavy atom. The van der Waals surface area contributed by atoms with Gasteiger partial charge in [-0.1, -0.05) is 30.3 Å². The summed E-state index contributed by atoms with van der Waals surface area (Å²) in [6, 6.07) is 7.17. The van der Waals surface area contributed by atoms with Crippen molar-refractivity contribution in [2.24, 2.45) is 0 Å². The Labute approximate surface area is 104 Å². The molecule has 0 saturated carbocycles. The zero-order valence-electron chi connectivity index (χ0n) is 8.91. The van der Waals surface area contributed by atoms with Gasteiger partial charge < -0.3 is 15.5 Å². The van der Waals surface area contributed by atoms with Crippen molar-refractivity contribution in [2.75, 3.05) is 5.75 Å². The number of carbonyl (C=O) groups is 2. The number of hydrogen-bond acceptors (Lipinski definition) is 4. The summed E-state index contributed by atoms with van der Waals surface area (Å²) in [5.41, 5.74) is 0.410. The first-order valence-electron chi connectivity index (χ1n) is 4.93. The van der Waals surface area contributed by atoms with Crippen LogP contribution in [0.25, 0.3) is 0 Å². The second-order valence-electron chi connectivity index (χ2n) is 3.40. The monoisotopic (exact) mass is 255 g/mol. The maximum Gasteiger partial charge on any atom is 0.327 e. The number of aliphatic hydroxyl groups excluding tert-OH is 1. The highest BCUT2D eigenvalue weighted by molar-refractivity contribution is 7.80. The molecule has 0 bridgehead atoms. The Bertz CT molecular complexity index is 396. The number of carboxylic acid groups (broad SMARTS) is 1. The van der Waals surface area contributed by atoms with E-state index in [4.69, 9.17) is 5.11 Å². The number of rotatable bonds is 5. The predicted octanol–water partition coefficient (Wildman–Crippen LogP) is 0.219. The molecule has 0 unspecified atom stereocenters. The summed E-state index contributed by atoms with van der Waals surface area (Å²) in [7, 11) is 0. The van der Waals surface area contributed by atoms with Gasteiger partial charge in [0.25, 0.3) is 5.91 Å². The Balaban J connectivity index is 2.68. The van der Waals surface area contributed by atoms with Gasteiger partial charge in [-0.2, -0.15) is 12.6 Å². The third kappa shape index (κ3) is 3.76. The van der Waals surface area contributed by atoms with Gasteiger partial charge in [0.15, 0.2) is 6.10 Å². The minimum absolute atomic E-state index is 0.0391. The molecule has 0 saturated heterocycles. The number of aliphatic carboxylic acids is 1. The largest absolute Gasteiger partial charge is 0.480 e. The van der Waals surface area contributed by atoms with E-state index in [9.17, 15) is 14.7 Å². The van der Waals surface area contributed by atoms with Crippen LogP contribution in [0.3, 0.4) is 0 Å². The van der Waals surface area contributed by atoms with E-state index < -0.39 is 24.0 Å². The van der Waals surface area contributed by atoms with Crippen LogP contribution in [-0.2, 0) is 9.59 Å². The van der Waals surface area contributed by atoms with E-state index in [-0.39, 0.29) is 5.75 Å². The molecule has 0 spiro atoms. The molecular formula is C11H13NO4S. The lowest BCUT2D eigenvalue weighted by atomic mass is 10.1. The molecule has 0 aliphatic rings. The molecule has 1 aromatic rings. The number of hydrogen-bond donors (Lipinski definition) is 4. The van der Waals surface area contributed by atoms with Crippen molar-refractivity contribution in [1.29, 1.82) is 0 Å². The third-order valence-corrected chi connectivity index (χ3v) is 2.53. The highest BCUT2D eigenvalue weighted by Crippen LogP contribution is 2.12. The van der Waals surface area contributed by atoms with Crippen LogP contribution in [0, 0.1) is 0 Å². The topological polar surface area (TPSA) is 86.6 Å². The Kier molecular flexibility index (Phi) is 4.99. The molecule has 6 heteroatoms. The number of carbonyl (C=O) groups excluding carboxylic acids is 1. The van der Waals surface area contributed by atoms with Crippen molar-refractivity contribution < 1.29 is 19.8 Å². The van der Waals surface area contributed by atoms with Gasteiger partial charge in [-0.15, -0.1) is 0 Å². The fourth-order valence-electron chi connectivity index (χ4n) is 1.22. The number of amides is 1. The first-order valence-corrected chi connectivity index (χ1v) is 5.56. The average molecular weight is 255 g/mol. The summed E-state index contributed by atoms with van der Waals surface area (Å²) in [6.45, 7) is 0. The van der Waals surface area contributed by atoms with E-state index in [1.807, 2.05) is 0 Å². The number of thiol groups is 1. The van der Waals surface area contributed by atoms with Gasteiger partial charge in [0.05, 0.1) is 0 Å². The van der Waals surface area contributed by atoms with Gasteiger partial charge in [-0.3, -0.25) is 4.79 Å². The lowest BCUT2D eigenvalue weighted by Crippen LogP contribution is -2.44. The summed E-state index contributed by atoms with van der Waals surface area (Å²) >= 11 is 3.81. The van der Waals surface area contributed by atoms with Crippen molar-refractivity contribution >= 4 is 24.5 Å². The van der Waals surface area contributed by atoms with Crippen LogP contribution in [0.15, 0.2) is 30.3 Å². The fourth-order valence-corrected chi connectivity index (χ4v) is 1.47. The Morgan fingerprint density at radius 1 is 1.29 bits per heavy atom. The van der Waals surface area contributed by atoms with Crippen molar-refractivity contribution in [1.82, 2.24) is 5.32 Å². The number of aliphatic hydroxyl groups is 1. The molecule has 0 aliphatic heterocycles. The summed E-state index contributed by atoms with van der Waals surface area (Å²) in [4.78, 5) is 22.2. The molecule has 2 atom stereocenters. The second kappa shape index (κ2) is 6.27. The van der Waals surface area contributed by atoms with Gasteiger partial charge in [-0.25, -0.2) is 4.79 Å². The lowest BCUT2D eigenvalue weighted by molar-refractivity contribution is -0.142. The fraction of sp³-hybridized carbons (Fsp3) is 0.273. The summed E-state index contributed by atoms with van der Waals surface area (Å²) in [6.07, 6.45) is -1.38. The molecule has 1 amide bonds. The first kappa shape index (κ1) is 13.5. The lowest BCUT2D eigenvalue weighted by Gasteiger charge is -2.15. The molecular weight excluding hydrogens is 242 g/mol. The average Bonchev–Trinajstić information content (AvgIpc) is 2.35. The smallest absolute Gasteiger partial charge is 0.327 e. The van der Waals surface area contributed by atoms with E-state index in [0.29, 0.717) is 5.56 Å². The molecule has 0 aromatic heterocycles. The zero-order chi connectivity index (χ0) is 12.8. The van der Waals surface area contributed by atoms with Gasteiger partial charge in [0.2, 0.25) is 0 Å². The van der Waals surface area contributed by atoms with Gasteiger partial charge in [-0.05, 0) is 5.56 Å². The van der Waals surface area contributed by atoms with Gasteiger partial charge in [0.1, 0.15) is 6.04 Å². The van der Waals surface area contributed by atoms with Crippen LogP contribution in [0.2, 0.25) is 0 Å². The van der Waals surface area contributed by atoms with Crippen molar-refractivity contribution in [3.8, 4) is 0 Å². The quantitative estimate of drug-likeness (QED) is 0.567. The molecule has 0 radical (unpaired) electrons. The zero-order valence-corrected chi connectivity index (χ0v) is 9.80. The van der Waals surface area contributed by atoms with Crippen LogP contribution in [0.1, 0.15) is 11.7 Å². The van der Waals surface area contributed by atoms with Crippen LogP contribution in [0.5, 0.6) is 0 Å². The van der Waals surface area contributed by atoms with E-state index >= 15 is 0 Å². The molecule has 0 aliphatic carbocycles. The molecule has 0 fully saturated rings. The van der Waals surface area contributed by atoms with Crippen LogP contribution in [0.4, 0.5) is 0 Å². The summed E-state index contributed by atoms with van der Waals surface area (Å²) < 4.78 is 0. The van der Waals surface area contributed by atoms with Crippen molar-refractivity contribution in [3.05, 3.63) is 35.9 Å². The normalized spacial score (nSPS) is 13.8. The molecule has 17 heavy (non-hydrogen) atoms. The van der Waals surface area contributed by atoms with E-state index in [2.05, 4.69) is 17.9 Å². The third-order valence-electron chi connectivity index (χ3n) is 2.16. The van der Waals surface area contributed by atoms with Crippen molar-refractivity contribution in [3.63, 3.8) is 0 Å². The molecule has 1 rings (SSSR count). The highest BCUT2D eigenvalue weighted by Gasteiger charge is 2.23. The first-order chi connectivity index (χ1) is 8.06.